The van der Waals surface area contributed by atoms with Crippen LogP contribution in [0.3, 0.4) is 0 Å². The maximum absolute atomic E-state index is 14.1. The van der Waals surface area contributed by atoms with Crippen LogP contribution in [-0.4, -0.2) is 24.8 Å². The summed E-state index contributed by atoms with van der Waals surface area (Å²) in [5.41, 5.74) is 7.37. The van der Waals surface area contributed by atoms with Crippen molar-refractivity contribution >= 4 is 5.69 Å². The minimum Gasteiger partial charge on any atom is -0.396 e. The molecular formula is C14H21FN2O. The summed E-state index contributed by atoms with van der Waals surface area (Å²) in [5, 5.41) is 9.26. The Bertz CT molecular complexity index is 409. The first-order valence-electron chi connectivity index (χ1n) is 6.53. The summed E-state index contributed by atoms with van der Waals surface area (Å²) in [7, 11) is 0. The fourth-order valence-corrected chi connectivity index (χ4v) is 2.65. The van der Waals surface area contributed by atoms with Gasteiger partial charge in [0.1, 0.15) is 5.82 Å². The van der Waals surface area contributed by atoms with Crippen LogP contribution in [0.15, 0.2) is 18.2 Å². The normalized spacial score (nSPS) is 22.0. The second-order valence-corrected chi connectivity index (χ2v) is 5.10. The predicted octanol–water partition coefficient (Wildman–Crippen LogP) is 2.05. The average Bonchev–Trinajstić information content (AvgIpc) is 2.38. The molecule has 2 rings (SSSR count). The van der Waals surface area contributed by atoms with Gasteiger partial charge in [0, 0.05) is 25.7 Å². The van der Waals surface area contributed by atoms with Crippen LogP contribution >= 0.6 is 0 Å². The first-order chi connectivity index (χ1) is 8.63. The number of benzene rings is 1. The lowest BCUT2D eigenvalue weighted by Crippen LogP contribution is -2.38. The summed E-state index contributed by atoms with van der Waals surface area (Å²) >= 11 is 0. The number of aliphatic hydroxyl groups is 1. The average molecular weight is 252 g/mol. The van der Waals surface area contributed by atoms with Crippen molar-refractivity contribution in [2.24, 2.45) is 11.7 Å². The van der Waals surface area contributed by atoms with Crippen LogP contribution in [0.2, 0.25) is 0 Å². The van der Waals surface area contributed by atoms with E-state index in [1.165, 1.54) is 6.07 Å². The highest BCUT2D eigenvalue weighted by Crippen LogP contribution is 2.31. The van der Waals surface area contributed by atoms with Crippen molar-refractivity contribution in [2.45, 2.75) is 25.8 Å². The molecule has 0 bridgehead atoms. The van der Waals surface area contributed by atoms with E-state index in [9.17, 15) is 9.50 Å². The molecule has 3 nitrogen and oxygen atoms in total. The standard InChI is InChI=1S/C14H21FN2O/c1-10(16)12-5-2-6-13(15)14(12)17-7-3-4-11(8-17)9-18/h2,5-6,10-11,18H,3-4,7-9,16H2,1H3/t10-,11?/m1/s1. The number of para-hydroxylation sites is 1. The van der Waals surface area contributed by atoms with Gasteiger partial charge in [-0.05, 0) is 37.3 Å². The highest BCUT2D eigenvalue weighted by atomic mass is 19.1. The summed E-state index contributed by atoms with van der Waals surface area (Å²) in [6, 6.07) is 4.87. The molecule has 0 saturated carbocycles. The largest absolute Gasteiger partial charge is 0.396 e. The van der Waals surface area contributed by atoms with Crippen LogP contribution < -0.4 is 10.6 Å². The van der Waals surface area contributed by atoms with Gasteiger partial charge in [-0.15, -0.1) is 0 Å². The zero-order valence-corrected chi connectivity index (χ0v) is 10.8. The number of aliphatic hydroxyl groups excluding tert-OH is 1. The van der Waals surface area contributed by atoms with Crippen LogP contribution in [0, 0.1) is 11.7 Å². The van der Waals surface area contributed by atoms with E-state index in [0.717, 1.165) is 24.9 Å². The second-order valence-electron chi connectivity index (χ2n) is 5.10. The maximum atomic E-state index is 14.1. The van der Waals surface area contributed by atoms with E-state index in [2.05, 4.69) is 0 Å². The minimum absolute atomic E-state index is 0.165. The van der Waals surface area contributed by atoms with E-state index in [4.69, 9.17) is 5.73 Å². The molecule has 0 spiro atoms. The lowest BCUT2D eigenvalue weighted by molar-refractivity contribution is 0.208. The number of anilines is 1. The third-order valence-electron chi connectivity index (χ3n) is 3.60. The number of rotatable bonds is 3. The fourth-order valence-electron chi connectivity index (χ4n) is 2.65. The summed E-state index contributed by atoms with van der Waals surface area (Å²) in [6.45, 7) is 3.57. The Morgan fingerprint density at radius 3 is 3.00 bits per heavy atom. The number of hydrogen-bond donors (Lipinski definition) is 2. The van der Waals surface area contributed by atoms with Crippen molar-refractivity contribution in [3.63, 3.8) is 0 Å². The van der Waals surface area contributed by atoms with Crippen molar-refractivity contribution < 1.29 is 9.50 Å². The zero-order valence-electron chi connectivity index (χ0n) is 10.8. The van der Waals surface area contributed by atoms with Crippen LogP contribution in [0.1, 0.15) is 31.4 Å². The van der Waals surface area contributed by atoms with E-state index in [1.54, 1.807) is 6.07 Å². The quantitative estimate of drug-likeness (QED) is 0.865. The van der Waals surface area contributed by atoms with Gasteiger partial charge in [-0.25, -0.2) is 4.39 Å². The Kier molecular flexibility index (Phi) is 4.19. The van der Waals surface area contributed by atoms with E-state index >= 15 is 0 Å². The van der Waals surface area contributed by atoms with E-state index in [-0.39, 0.29) is 24.4 Å². The summed E-state index contributed by atoms with van der Waals surface area (Å²) in [5.74, 6) is 0.0164. The van der Waals surface area contributed by atoms with Gasteiger partial charge in [0.25, 0.3) is 0 Å². The molecule has 0 aromatic heterocycles. The van der Waals surface area contributed by atoms with Crippen molar-refractivity contribution in [3.05, 3.63) is 29.6 Å². The number of hydrogen-bond acceptors (Lipinski definition) is 3. The predicted molar refractivity (Wildman–Crippen MR) is 71.0 cm³/mol. The molecule has 0 aliphatic carbocycles. The Balaban J connectivity index is 2.31. The molecule has 1 fully saturated rings. The van der Waals surface area contributed by atoms with E-state index in [1.807, 2.05) is 17.9 Å². The molecule has 1 aromatic carbocycles. The molecule has 1 saturated heterocycles. The van der Waals surface area contributed by atoms with Gasteiger partial charge < -0.3 is 15.7 Å². The van der Waals surface area contributed by atoms with Crippen molar-refractivity contribution in [2.75, 3.05) is 24.6 Å². The summed E-state index contributed by atoms with van der Waals surface area (Å²) < 4.78 is 14.1. The van der Waals surface area contributed by atoms with E-state index in [0.29, 0.717) is 12.2 Å². The van der Waals surface area contributed by atoms with Crippen molar-refractivity contribution in [1.82, 2.24) is 0 Å². The molecule has 1 heterocycles. The van der Waals surface area contributed by atoms with Crippen LogP contribution in [-0.2, 0) is 0 Å². The van der Waals surface area contributed by atoms with Gasteiger partial charge in [0.15, 0.2) is 0 Å². The van der Waals surface area contributed by atoms with Crippen molar-refractivity contribution in [3.8, 4) is 0 Å². The van der Waals surface area contributed by atoms with Gasteiger partial charge >= 0.3 is 0 Å². The van der Waals surface area contributed by atoms with E-state index < -0.39 is 0 Å². The lowest BCUT2D eigenvalue weighted by atomic mass is 9.96. The Morgan fingerprint density at radius 1 is 1.56 bits per heavy atom. The number of nitrogens with zero attached hydrogens (tertiary/aromatic N) is 1. The lowest BCUT2D eigenvalue weighted by Gasteiger charge is -2.35. The summed E-state index contributed by atoms with van der Waals surface area (Å²) in [4.78, 5) is 2.03. The fraction of sp³-hybridized carbons (Fsp3) is 0.571. The Hall–Kier alpha value is -1.13. The Morgan fingerprint density at radius 2 is 2.33 bits per heavy atom. The molecule has 100 valence electrons. The highest BCUT2D eigenvalue weighted by Gasteiger charge is 2.24. The molecule has 1 aliphatic rings. The number of nitrogens with two attached hydrogens (primary N) is 1. The molecule has 3 N–H and O–H groups in total. The number of halogens is 1. The first kappa shape index (κ1) is 13.3. The monoisotopic (exact) mass is 252 g/mol. The topological polar surface area (TPSA) is 49.5 Å². The third kappa shape index (κ3) is 2.65. The molecule has 2 atom stereocenters. The molecule has 1 aromatic rings. The summed E-state index contributed by atoms with van der Waals surface area (Å²) in [6.07, 6.45) is 1.99. The third-order valence-corrected chi connectivity index (χ3v) is 3.60. The molecular weight excluding hydrogens is 231 g/mol. The molecule has 1 aliphatic heterocycles. The van der Waals surface area contributed by atoms with Gasteiger partial charge in [-0.2, -0.15) is 0 Å². The SMILES string of the molecule is C[C@@H](N)c1cccc(F)c1N1CCCC(CO)C1. The molecule has 18 heavy (non-hydrogen) atoms. The molecule has 0 amide bonds. The maximum Gasteiger partial charge on any atom is 0.146 e. The van der Waals surface area contributed by atoms with Crippen LogP contribution in [0.4, 0.5) is 10.1 Å². The molecule has 4 heteroatoms. The molecule has 1 unspecified atom stereocenters. The first-order valence-corrected chi connectivity index (χ1v) is 6.53. The zero-order chi connectivity index (χ0) is 13.1. The van der Waals surface area contributed by atoms with Gasteiger partial charge in [-0.1, -0.05) is 12.1 Å². The van der Waals surface area contributed by atoms with Crippen LogP contribution in [0.25, 0.3) is 0 Å². The minimum atomic E-state index is -0.219. The van der Waals surface area contributed by atoms with Crippen LogP contribution in [0.5, 0.6) is 0 Å². The van der Waals surface area contributed by atoms with Gasteiger partial charge in [-0.3, -0.25) is 0 Å². The second kappa shape index (κ2) is 5.67. The number of piperidine rings is 1. The smallest absolute Gasteiger partial charge is 0.146 e. The van der Waals surface area contributed by atoms with Crippen molar-refractivity contribution in [1.29, 1.82) is 0 Å². The molecule has 0 radical (unpaired) electrons. The highest BCUT2D eigenvalue weighted by molar-refractivity contribution is 5.56. The van der Waals surface area contributed by atoms with Gasteiger partial charge in [0.2, 0.25) is 0 Å². The van der Waals surface area contributed by atoms with Gasteiger partial charge in [0.05, 0.1) is 5.69 Å². The Labute approximate surface area is 107 Å².